The minimum absolute atomic E-state index is 0.0395. The highest BCUT2D eigenvalue weighted by atomic mass is 16.5. The van der Waals surface area contributed by atoms with Gasteiger partial charge in [-0.15, -0.1) is 0 Å². The zero-order chi connectivity index (χ0) is 17.1. The van der Waals surface area contributed by atoms with Crippen LogP contribution in [0.5, 0.6) is 0 Å². The van der Waals surface area contributed by atoms with Gasteiger partial charge in [0.1, 0.15) is 12.2 Å². The van der Waals surface area contributed by atoms with Crippen molar-refractivity contribution in [3.63, 3.8) is 0 Å². The van der Waals surface area contributed by atoms with Gasteiger partial charge in [0.25, 0.3) is 0 Å². The molecule has 3 nitrogen and oxygen atoms in total. The lowest BCUT2D eigenvalue weighted by Gasteiger charge is -2.34. The van der Waals surface area contributed by atoms with E-state index in [9.17, 15) is 0 Å². The van der Waals surface area contributed by atoms with Crippen molar-refractivity contribution in [2.24, 2.45) is 4.99 Å². The molecule has 2 unspecified atom stereocenters. The number of fused-ring (bicyclic) bond motifs is 4. The Kier molecular flexibility index (Phi) is 3.41. The van der Waals surface area contributed by atoms with Crippen LogP contribution in [-0.2, 0) is 14.9 Å². The third kappa shape index (κ3) is 1.95. The average Bonchev–Trinajstić information content (AvgIpc) is 2.81. The Balaban J connectivity index is 2.01. The van der Waals surface area contributed by atoms with Gasteiger partial charge in [-0.1, -0.05) is 38.1 Å². The first-order chi connectivity index (χ1) is 11.5. The van der Waals surface area contributed by atoms with Gasteiger partial charge >= 0.3 is 0 Å². The van der Waals surface area contributed by atoms with E-state index in [1.807, 2.05) is 0 Å². The highest BCUT2D eigenvalue weighted by Gasteiger charge is 2.38. The number of aliphatic imine (C=N–C) groups is 1. The number of methoxy groups -OCH3 is 2. The molecule has 2 aliphatic rings. The molecule has 0 radical (unpaired) electrons. The van der Waals surface area contributed by atoms with E-state index in [1.165, 1.54) is 27.8 Å². The predicted molar refractivity (Wildman–Crippen MR) is 97.2 cm³/mol. The summed E-state index contributed by atoms with van der Waals surface area (Å²) < 4.78 is 11.7. The van der Waals surface area contributed by atoms with Gasteiger partial charge in [0.2, 0.25) is 0 Å². The van der Waals surface area contributed by atoms with Crippen LogP contribution in [0.1, 0.15) is 49.7 Å². The molecular weight excluding hydrogens is 298 g/mol. The Labute approximate surface area is 143 Å². The molecule has 1 aliphatic heterocycles. The van der Waals surface area contributed by atoms with Gasteiger partial charge in [0.15, 0.2) is 0 Å². The maximum Gasteiger partial charge on any atom is 0.113 e. The zero-order valence-electron chi connectivity index (χ0n) is 14.9. The Bertz CT molecular complexity index is 851. The molecule has 4 rings (SSSR count). The summed E-state index contributed by atoms with van der Waals surface area (Å²) in [7, 11) is 3.51. The fraction of sp³-hybridized carbons (Fsp3) is 0.381. The lowest BCUT2D eigenvalue weighted by molar-refractivity contribution is -0.0409. The molecule has 0 bridgehead atoms. The Morgan fingerprint density at radius 3 is 2.29 bits per heavy atom. The van der Waals surface area contributed by atoms with E-state index in [0.29, 0.717) is 0 Å². The molecule has 3 heteroatoms. The van der Waals surface area contributed by atoms with Gasteiger partial charge in [-0.05, 0) is 46.9 Å². The highest BCUT2D eigenvalue weighted by molar-refractivity contribution is 6.00. The average molecular weight is 321 g/mol. The summed E-state index contributed by atoms with van der Waals surface area (Å²) in [5.41, 5.74) is 8.27. The predicted octanol–water partition coefficient (Wildman–Crippen LogP) is 5.13. The van der Waals surface area contributed by atoms with Crippen LogP contribution in [0.3, 0.4) is 0 Å². The monoisotopic (exact) mass is 321 g/mol. The molecule has 2 aromatic rings. The smallest absolute Gasteiger partial charge is 0.113 e. The molecular formula is C21H23NO2. The number of ether oxygens (including phenoxy) is 2. The van der Waals surface area contributed by atoms with Gasteiger partial charge in [0, 0.05) is 25.3 Å². The van der Waals surface area contributed by atoms with Crippen molar-refractivity contribution in [3.05, 3.63) is 53.1 Å². The zero-order valence-corrected chi connectivity index (χ0v) is 14.9. The van der Waals surface area contributed by atoms with Crippen LogP contribution in [0.15, 0.2) is 41.4 Å². The summed E-state index contributed by atoms with van der Waals surface area (Å²) >= 11 is 0. The largest absolute Gasteiger partial charge is 0.374 e. The fourth-order valence-corrected chi connectivity index (χ4v) is 4.00. The molecule has 0 saturated heterocycles. The minimum atomic E-state index is -0.109. The van der Waals surface area contributed by atoms with Gasteiger partial charge in [-0.25, -0.2) is 0 Å². The second-order valence-corrected chi connectivity index (χ2v) is 7.18. The molecule has 0 fully saturated rings. The van der Waals surface area contributed by atoms with Crippen molar-refractivity contribution in [3.8, 4) is 11.1 Å². The topological polar surface area (TPSA) is 30.8 Å². The number of hydrogen-bond acceptors (Lipinski definition) is 3. The Morgan fingerprint density at radius 1 is 0.917 bits per heavy atom. The van der Waals surface area contributed by atoms with Crippen LogP contribution in [0, 0.1) is 0 Å². The van der Waals surface area contributed by atoms with E-state index in [0.717, 1.165) is 11.4 Å². The number of nitrogens with zero attached hydrogens (tertiary/aromatic N) is 1. The van der Waals surface area contributed by atoms with E-state index in [-0.39, 0.29) is 17.6 Å². The van der Waals surface area contributed by atoms with Crippen molar-refractivity contribution in [2.45, 2.75) is 38.4 Å². The quantitative estimate of drug-likeness (QED) is 0.768. The Morgan fingerprint density at radius 2 is 1.58 bits per heavy atom. The molecule has 24 heavy (non-hydrogen) atoms. The van der Waals surface area contributed by atoms with Crippen molar-refractivity contribution in [1.82, 2.24) is 0 Å². The molecule has 0 N–H and O–H groups in total. The lowest BCUT2D eigenvalue weighted by atomic mass is 9.76. The lowest BCUT2D eigenvalue weighted by Crippen LogP contribution is -2.25. The molecule has 0 saturated carbocycles. The van der Waals surface area contributed by atoms with Crippen molar-refractivity contribution >= 4 is 11.4 Å². The summed E-state index contributed by atoms with van der Waals surface area (Å²) in [6, 6.07) is 12.9. The summed E-state index contributed by atoms with van der Waals surface area (Å²) in [6.45, 7) is 6.57. The first-order valence-corrected chi connectivity index (χ1v) is 8.38. The molecule has 1 aliphatic carbocycles. The molecule has 2 atom stereocenters. The first-order valence-electron chi connectivity index (χ1n) is 8.38. The Hall–Kier alpha value is -1.97. The number of rotatable bonds is 2. The standard InChI is InChI=1S/C21H23NO2/c1-12-21(2,3)17-10-16-15(11-18(17)22-12)13-8-6-7-9-14(13)19(23-4)20(16)24-5/h6-11,19-20H,1-5H3. The summed E-state index contributed by atoms with van der Waals surface area (Å²) in [4.78, 5) is 4.82. The van der Waals surface area contributed by atoms with E-state index in [1.54, 1.807) is 14.2 Å². The summed E-state index contributed by atoms with van der Waals surface area (Å²) in [5.74, 6) is 0. The number of benzene rings is 2. The minimum Gasteiger partial charge on any atom is -0.374 e. The van der Waals surface area contributed by atoms with E-state index in [2.05, 4.69) is 57.2 Å². The molecule has 2 aromatic carbocycles. The van der Waals surface area contributed by atoms with Gasteiger partial charge in [0.05, 0.1) is 5.69 Å². The van der Waals surface area contributed by atoms with Gasteiger partial charge in [-0.3, -0.25) is 4.99 Å². The van der Waals surface area contributed by atoms with Crippen LogP contribution in [0.2, 0.25) is 0 Å². The third-order valence-electron chi connectivity index (χ3n) is 5.68. The van der Waals surface area contributed by atoms with Crippen LogP contribution in [-0.4, -0.2) is 19.9 Å². The second-order valence-electron chi connectivity index (χ2n) is 7.18. The van der Waals surface area contributed by atoms with E-state index >= 15 is 0 Å². The summed E-state index contributed by atoms with van der Waals surface area (Å²) in [5, 5.41) is 0. The van der Waals surface area contributed by atoms with Gasteiger partial charge < -0.3 is 9.47 Å². The normalized spacial score (nSPS) is 23.3. The van der Waals surface area contributed by atoms with Crippen LogP contribution < -0.4 is 0 Å². The van der Waals surface area contributed by atoms with Crippen molar-refractivity contribution in [2.75, 3.05) is 14.2 Å². The molecule has 0 aromatic heterocycles. The van der Waals surface area contributed by atoms with Crippen LogP contribution in [0.4, 0.5) is 5.69 Å². The third-order valence-corrected chi connectivity index (χ3v) is 5.68. The maximum atomic E-state index is 5.87. The SMILES string of the molecule is COC1c2ccccc2-c2cc3c(cc2C1OC)C(C)(C)C(C)=N3. The van der Waals surface area contributed by atoms with Crippen molar-refractivity contribution < 1.29 is 9.47 Å². The first kappa shape index (κ1) is 15.6. The molecule has 0 amide bonds. The van der Waals surface area contributed by atoms with Crippen LogP contribution >= 0.6 is 0 Å². The molecule has 0 spiro atoms. The van der Waals surface area contributed by atoms with E-state index in [4.69, 9.17) is 14.5 Å². The molecule has 1 heterocycles. The fourth-order valence-electron chi connectivity index (χ4n) is 4.00. The number of hydrogen-bond donors (Lipinski definition) is 0. The molecule has 124 valence electrons. The van der Waals surface area contributed by atoms with Crippen molar-refractivity contribution in [1.29, 1.82) is 0 Å². The highest BCUT2D eigenvalue weighted by Crippen LogP contribution is 2.51. The maximum absolute atomic E-state index is 5.87. The van der Waals surface area contributed by atoms with Crippen LogP contribution in [0.25, 0.3) is 11.1 Å². The second kappa shape index (κ2) is 5.27. The van der Waals surface area contributed by atoms with Gasteiger partial charge in [-0.2, -0.15) is 0 Å². The summed E-state index contributed by atoms with van der Waals surface area (Å²) in [6.07, 6.45) is -0.204. The van der Waals surface area contributed by atoms with E-state index < -0.39 is 0 Å².